The Hall–Kier alpha value is -4.49. The molecule has 1 atom stereocenters. The van der Waals surface area contributed by atoms with E-state index in [9.17, 15) is 27.5 Å². The molecule has 2 aromatic carbocycles. The van der Waals surface area contributed by atoms with E-state index in [4.69, 9.17) is 10.5 Å². The van der Waals surface area contributed by atoms with Gasteiger partial charge in [-0.3, -0.25) is 0 Å². The van der Waals surface area contributed by atoms with E-state index in [0.717, 1.165) is 12.1 Å². The number of hydrogen-bond acceptors (Lipinski definition) is 6. The van der Waals surface area contributed by atoms with Crippen LogP contribution in [0.1, 0.15) is 12.5 Å². The molecule has 0 aliphatic carbocycles. The lowest BCUT2D eigenvalue weighted by Gasteiger charge is -2.13. The Kier molecular flexibility index (Phi) is 5.57. The predicted molar refractivity (Wildman–Crippen MR) is 115 cm³/mol. The summed E-state index contributed by atoms with van der Waals surface area (Å²) in [5.74, 6) is -9.69. The van der Waals surface area contributed by atoms with Gasteiger partial charge in [-0.05, 0) is 18.6 Å². The topological polar surface area (TPSA) is 119 Å². The zero-order chi connectivity index (χ0) is 25.7. The molecule has 0 radical (unpaired) electrons. The Bertz CT molecular complexity index is 1500. The monoisotopic (exact) mass is 506 g/mol. The molecule has 1 aliphatic rings. The summed E-state index contributed by atoms with van der Waals surface area (Å²) in [5.41, 5.74) is 6.21. The average molecular weight is 506 g/mol. The second-order valence-corrected chi connectivity index (χ2v) is 7.96. The fourth-order valence-electron chi connectivity index (χ4n) is 4.06. The van der Waals surface area contributed by atoms with Crippen LogP contribution in [0.4, 0.5) is 32.6 Å². The molecule has 14 heteroatoms. The number of hydrogen-bond donors (Lipinski definition) is 2. The van der Waals surface area contributed by atoms with Gasteiger partial charge in [-0.2, -0.15) is 13.9 Å². The number of halogens is 5. The van der Waals surface area contributed by atoms with Gasteiger partial charge in [0.05, 0.1) is 11.4 Å². The number of anilines is 1. The number of benzene rings is 2. The van der Waals surface area contributed by atoms with Crippen molar-refractivity contribution in [1.29, 1.82) is 0 Å². The Morgan fingerprint density at radius 3 is 2.42 bits per heavy atom. The SMILES string of the molecule is Nc1ncnc2c1c(-c1ccc(Oc3c(F)c(F)cc(F)c3F)cc1F)nn2C1CCN(C(=O)O)C1. The van der Waals surface area contributed by atoms with Gasteiger partial charge in [0.25, 0.3) is 0 Å². The Morgan fingerprint density at radius 2 is 1.78 bits per heavy atom. The quantitative estimate of drug-likeness (QED) is 0.309. The maximum absolute atomic E-state index is 15.2. The van der Waals surface area contributed by atoms with Crippen molar-refractivity contribution < 1.29 is 36.6 Å². The zero-order valence-electron chi connectivity index (χ0n) is 18.1. The van der Waals surface area contributed by atoms with E-state index in [-0.39, 0.29) is 47.3 Å². The van der Waals surface area contributed by atoms with Crippen molar-refractivity contribution in [3.05, 3.63) is 59.7 Å². The first-order chi connectivity index (χ1) is 17.2. The minimum absolute atomic E-state index is 0.00607. The lowest BCUT2D eigenvalue weighted by molar-refractivity contribution is 0.154. The van der Waals surface area contributed by atoms with Crippen LogP contribution >= 0.6 is 0 Å². The number of rotatable bonds is 4. The predicted octanol–water partition coefficient (Wildman–Crippen LogP) is 4.49. The van der Waals surface area contributed by atoms with E-state index in [1.807, 2.05) is 0 Å². The molecule has 1 amide bonds. The normalized spacial score (nSPS) is 15.6. The average Bonchev–Trinajstić information content (AvgIpc) is 3.47. The van der Waals surface area contributed by atoms with E-state index in [2.05, 4.69) is 15.1 Å². The molecule has 186 valence electrons. The van der Waals surface area contributed by atoms with E-state index in [0.29, 0.717) is 6.42 Å². The highest BCUT2D eigenvalue weighted by Gasteiger charge is 2.31. The standard InChI is InChI=1S/C22H15F5N6O3/c23-12-5-10(36-19-16(26)13(24)6-14(25)17(19)27)1-2-11(12)18-15-20(28)29-8-30-21(15)33(31-18)9-3-4-32(7-9)22(34)35/h1-2,5-6,8-9H,3-4,7H2,(H,34,35)(H2,28,29,30). The second-order valence-electron chi connectivity index (χ2n) is 7.96. The van der Waals surface area contributed by atoms with Crippen molar-refractivity contribution in [2.45, 2.75) is 12.5 Å². The molecular formula is C22H15F5N6O3. The molecule has 0 spiro atoms. The maximum atomic E-state index is 15.2. The molecular weight excluding hydrogens is 491 g/mol. The minimum Gasteiger partial charge on any atom is -0.465 e. The largest absolute Gasteiger partial charge is 0.465 e. The number of nitrogens with zero attached hydrogens (tertiary/aromatic N) is 5. The van der Waals surface area contributed by atoms with Crippen LogP contribution in [0.25, 0.3) is 22.3 Å². The number of nitrogens with two attached hydrogens (primary N) is 1. The van der Waals surface area contributed by atoms with Crippen LogP contribution in [-0.4, -0.2) is 48.9 Å². The van der Waals surface area contributed by atoms with Gasteiger partial charge < -0.3 is 20.5 Å². The molecule has 9 nitrogen and oxygen atoms in total. The van der Waals surface area contributed by atoms with Crippen LogP contribution in [0.2, 0.25) is 0 Å². The molecule has 4 aromatic rings. The van der Waals surface area contributed by atoms with Gasteiger partial charge in [-0.1, -0.05) is 0 Å². The van der Waals surface area contributed by atoms with Crippen LogP contribution in [-0.2, 0) is 0 Å². The molecule has 1 fully saturated rings. The van der Waals surface area contributed by atoms with E-state index >= 15 is 4.39 Å². The van der Waals surface area contributed by atoms with Crippen LogP contribution < -0.4 is 10.5 Å². The smallest absolute Gasteiger partial charge is 0.407 e. The highest BCUT2D eigenvalue weighted by atomic mass is 19.2. The molecule has 3 N–H and O–H groups in total. The van der Waals surface area contributed by atoms with Gasteiger partial charge >= 0.3 is 6.09 Å². The molecule has 1 saturated heterocycles. The van der Waals surface area contributed by atoms with E-state index < -0.39 is 52.7 Å². The van der Waals surface area contributed by atoms with Gasteiger partial charge in [0, 0.05) is 30.8 Å². The minimum atomic E-state index is -1.78. The summed E-state index contributed by atoms with van der Waals surface area (Å²) in [4.78, 5) is 20.6. The molecule has 1 unspecified atom stereocenters. The van der Waals surface area contributed by atoms with Crippen LogP contribution in [0, 0.1) is 29.1 Å². The third-order valence-electron chi connectivity index (χ3n) is 5.79. The number of likely N-dealkylation sites (tertiary alicyclic amines) is 1. The Morgan fingerprint density at radius 1 is 1.06 bits per heavy atom. The lowest BCUT2D eigenvalue weighted by Crippen LogP contribution is -2.27. The number of fused-ring (bicyclic) bond motifs is 1. The molecule has 0 bridgehead atoms. The summed E-state index contributed by atoms with van der Waals surface area (Å²) >= 11 is 0. The third-order valence-corrected chi connectivity index (χ3v) is 5.79. The van der Waals surface area contributed by atoms with Crippen LogP contribution in [0.15, 0.2) is 30.6 Å². The zero-order valence-corrected chi connectivity index (χ0v) is 18.1. The first-order valence-corrected chi connectivity index (χ1v) is 10.4. The molecule has 2 aromatic heterocycles. The number of carboxylic acid groups (broad SMARTS) is 1. The van der Waals surface area contributed by atoms with Gasteiger partial charge in [0.2, 0.25) is 17.4 Å². The maximum Gasteiger partial charge on any atom is 0.407 e. The van der Waals surface area contributed by atoms with Crippen LogP contribution in [0.3, 0.4) is 0 Å². The molecule has 0 saturated carbocycles. The Balaban J connectivity index is 1.55. The fourth-order valence-corrected chi connectivity index (χ4v) is 4.06. The van der Waals surface area contributed by atoms with Crippen molar-refractivity contribution in [2.24, 2.45) is 0 Å². The molecule has 1 aliphatic heterocycles. The first kappa shape index (κ1) is 23.3. The van der Waals surface area contributed by atoms with Gasteiger partial charge in [-0.25, -0.2) is 32.6 Å². The summed E-state index contributed by atoms with van der Waals surface area (Å²) in [6.45, 7) is 0.400. The van der Waals surface area contributed by atoms with E-state index in [1.165, 1.54) is 22.0 Å². The van der Waals surface area contributed by atoms with Crippen molar-refractivity contribution in [1.82, 2.24) is 24.6 Å². The van der Waals surface area contributed by atoms with Crippen molar-refractivity contribution >= 4 is 22.9 Å². The van der Waals surface area contributed by atoms with Gasteiger partial charge in [-0.15, -0.1) is 0 Å². The number of nitrogen functional groups attached to an aromatic ring is 1. The highest BCUT2D eigenvalue weighted by Crippen LogP contribution is 2.37. The van der Waals surface area contributed by atoms with E-state index in [1.54, 1.807) is 0 Å². The molecule has 36 heavy (non-hydrogen) atoms. The second kappa shape index (κ2) is 8.62. The third kappa shape index (κ3) is 3.79. The summed E-state index contributed by atoms with van der Waals surface area (Å²) < 4.78 is 76.3. The molecule has 5 rings (SSSR count). The summed E-state index contributed by atoms with van der Waals surface area (Å²) in [7, 11) is 0. The number of ether oxygens (including phenoxy) is 1. The van der Waals surface area contributed by atoms with Gasteiger partial charge in [0.15, 0.2) is 17.3 Å². The first-order valence-electron chi connectivity index (χ1n) is 10.4. The lowest BCUT2D eigenvalue weighted by atomic mass is 10.1. The fraction of sp³-hybridized carbons (Fsp3) is 0.182. The van der Waals surface area contributed by atoms with Crippen LogP contribution in [0.5, 0.6) is 11.5 Å². The van der Waals surface area contributed by atoms with Crippen molar-refractivity contribution in [3.8, 4) is 22.8 Å². The van der Waals surface area contributed by atoms with Crippen molar-refractivity contribution in [2.75, 3.05) is 18.8 Å². The summed E-state index contributed by atoms with van der Waals surface area (Å²) in [6, 6.07) is 2.67. The highest BCUT2D eigenvalue weighted by molar-refractivity contribution is 5.98. The van der Waals surface area contributed by atoms with Gasteiger partial charge in [0.1, 0.15) is 29.4 Å². The summed E-state index contributed by atoms with van der Waals surface area (Å²) in [5, 5.41) is 13.9. The summed E-state index contributed by atoms with van der Waals surface area (Å²) in [6.07, 6.45) is 0.539. The Labute approximate surface area is 198 Å². The number of carbonyl (C=O) groups is 1. The number of aromatic nitrogens is 4. The number of amides is 1. The van der Waals surface area contributed by atoms with Crippen molar-refractivity contribution in [3.63, 3.8) is 0 Å². The molecule has 3 heterocycles.